The van der Waals surface area contributed by atoms with Crippen molar-refractivity contribution in [2.45, 2.75) is 26.2 Å². The van der Waals surface area contributed by atoms with Crippen LogP contribution in [0.1, 0.15) is 42.1 Å². The minimum Gasteiger partial charge on any atom is -0.294 e. The van der Waals surface area contributed by atoms with Gasteiger partial charge in [-0.1, -0.05) is 44.2 Å². The summed E-state index contributed by atoms with van der Waals surface area (Å²) in [7, 11) is 0. The van der Waals surface area contributed by atoms with Crippen molar-refractivity contribution in [3.05, 3.63) is 79.9 Å². The summed E-state index contributed by atoms with van der Waals surface area (Å²) < 4.78 is 0. The molecule has 0 unspecified atom stereocenters. The second-order valence-corrected chi connectivity index (χ2v) is 5.83. The van der Waals surface area contributed by atoms with Gasteiger partial charge in [0.05, 0.1) is 15.9 Å². The summed E-state index contributed by atoms with van der Waals surface area (Å²) in [6, 6.07) is 12.5. The van der Waals surface area contributed by atoms with Crippen LogP contribution in [0.3, 0.4) is 0 Å². The average molecular weight is 342 g/mol. The highest BCUT2D eigenvalue weighted by molar-refractivity contribution is 5.99. The maximum atomic E-state index is 12.9. The Morgan fingerprint density at radius 1 is 1.00 bits per heavy atom. The molecule has 0 aliphatic carbocycles. The lowest BCUT2D eigenvalue weighted by atomic mass is 9.81. The molecule has 0 N–H and O–H groups in total. The predicted molar refractivity (Wildman–Crippen MR) is 92.7 cm³/mol. The molecule has 2 aromatic rings. The van der Waals surface area contributed by atoms with Crippen LogP contribution in [-0.4, -0.2) is 15.6 Å². The second-order valence-electron chi connectivity index (χ2n) is 5.83. The quantitative estimate of drug-likeness (QED) is 0.418. The maximum absolute atomic E-state index is 12.9. The van der Waals surface area contributed by atoms with E-state index in [9.17, 15) is 25.0 Å². The number of non-ortho nitro benzene ring substituents is 2. The highest BCUT2D eigenvalue weighted by atomic mass is 16.6. The molecule has 7 nitrogen and oxygen atoms in total. The predicted octanol–water partition coefficient (Wildman–Crippen LogP) is 4.52. The molecule has 0 bridgehead atoms. The lowest BCUT2D eigenvalue weighted by Crippen LogP contribution is -2.20. The summed E-state index contributed by atoms with van der Waals surface area (Å²) in [6.45, 7) is 3.76. The zero-order valence-corrected chi connectivity index (χ0v) is 13.9. The molecule has 25 heavy (non-hydrogen) atoms. The molecule has 0 spiro atoms. The number of Topliss-reactive ketones (excluding diaryl/α,β-unsaturated/α-hetero) is 1. The van der Waals surface area contributed by atoms with Crippen LogP contribution in [0.5, 0.6) is 0 Å². The highest BCUT2D eigenvalue weighted by Gasteiger charge is 2.28. The summed E-state index contributed by atoms with van der Waals surface area (Å²) in [5.74, 6) is -0.869. The minimum absolute atomic E-state index is 0.00414. The molecule has 0 aromatic heterocycles. The minimum atomic E-state index is -0.731. The van der Waals surface area contributed by atoms with Crippen molar-refractivity contribution >= 4 is 17.2 Å². The van der Waals surface area contributed by atoms with Crippen LogP contribution in [0.15, 0.2) is 48.5 Å². The fourth-order valence-corrected chi connectivity index (χ4v) is 2.92. The molecule has 0 aliphatic heterocycles. The first-order valence-corrected chi connectivity index (χ1v) is 7.88. The van der Waals surface area contributed by atoms with E-state index >= 15 is 0 Å². The number of nitro benzene ring substituents is 2. The van der Waals surface area contributed by atoms with Crippen LogP contribution in [-0.2, 0) is 0 Å². The van der Waals surface area contributed by atoms with E-state index in [1.54, 1.807) is 0 Å². The molecule has 2 atom stereocenters. The van der Waals surface area contributed by atoms with E-state index < -0.39 is 27.1 Å². The molecule has 2 rings (SSSR count). The van der Waals surface area contributed by atoms with Crippen molar-refractivity contribution in [3.63, 3.8) is 0 Å². The van der Waals surface area contributed by atoms with Crippen molar-refractivity contribution in [2.24, 2.45) is 5.92 Å². The highest BCUT2D eigenvalue weighted by Crippen LogP contribution is 2.32. The normalized spacial score (nSPS) is 13.0. The molecule has 0 radical (unpaired) electrons. The summed E-state index contributed by atoms with van der Waals surface area (Å²) in [4.78, 5) is 33.5. The Balaban J connectivity index is 2.43. The molecular formula is C18H18N2O5. The van der Waals surface area contributed by atoms with Gasteiger partial charge in [0.15, 0.2) is 5.78 Å². The fourth-order valence-electron chi connectivity index (χ4n) is 2.92. The number of hydrogen-bond donors (Lipinski definition) is 0. The molecule has 2 aromatic carbocycles. The Morgan fingerprint density at radius 2 is 1.52 bits per heavy atom. The molecule has 0 fully saturated rings. The van der Waals surface area contributed by atoms with E-state index in [1.165, 1.54) is 0 Å². The van der Waals surface area contributed by atoms with Gasteiger partial charge in [0.1, 0.15) is 0 Å². The third kappa shape index (κ3) is 4.06. The Bertz CT molecular complexity index is 772. The van der Waals surface area contributed by atoms with Crippen molar-refractivity contribution in [1.82, 2.24) is 0 Å². The fraction of sp³-hybridized carbons (Fsp3) is 0.278. The van der Waals surface area contributed by atoms with Gasteiger partial charge in [-0.05, 0) is 17.9 Å². The lowest BCUT2D eigenvalue weighted by molar-refractivity contribution is -0.394. The molecule has 130 valence electrons. The Hall–Kier alpha value is -3.09. The van der Waals surface area contributed by atoms with Crippen LogP contribution in [0, 0.1) is 26.1 Å². The van der Waals surface area contributed by atoms with Gasteiger partial charge in [0.2, 0.25) is 0 Å². The van der Waals surface area contributed by atoms with Crippen LogP contribution in [0.2, 0.25) is 0 Å². The van der Waals surface area contributed by atoms with Gasteiger partial charge < -0.3 is 0 Å². The first-order valence-electron chi connectivity index (χ1n) is 7.88. The van der Waals surface area contributed by atoms with Crippen molar-refractivity contribution < 1.29 is 14.6 Å². The third-order valence-electron chi connectivity index (χ3n) is 4.31. The molecular weight excluding hydrogens is 324 g/mol. The zero-order valence-electron chi connectivity index (χ0n) is 13.9. The number of nitro groups is 2. The number of benzene rings is 2. The molecule has 0 saturated carbocycles. The van der Waals surface area contributed by atoms with E-state index in [1.807, 2.05) is 44.2 Å². The summed E-state index contributed by atoms with van der Waals surface area (Å²) in [5.41, 5.74) is 0.0534. The molecule has 0 saturated heterocycles. The number of ketones is 1. The smallest absolute Gasteiger partial charge is 0.277 e. The van der Waals surface area contributed by atoms with E-state index in [-0.39, 0.29) is 17.3 Å². The van der Waals surface area contributed by atoms with E-state index in [4.69, 9.17) is 0 Å². The van der Waals surface area contributed by atoms with E-state index in [0.717, 1.165) is 23.8 Å². The standard InChI is InChI=1S/C18H18N2O5/c1-3-17(12(2)13-7-5-4-6-8-13)18(21)14-9-15(19(22)23)11-16(10-14)20(24)25/h4-12,17H,3H2,1-2H3/t12-,17+/m0/s1. The number of carbonyl (C=O) groups excluding carboxylic acids is 1. The first kappa shape index (κ1) is 18.3. The summed E-state index contributed by atoms with van der Waals surface area (Å²) in [6.07, 6.45) is 0.519. The number of nitrogens with zero attached hydrogens (tertiary/aromatic N) is 2. The number of hydrogen-bond acceptors (Lipinski definition) is 5. The molecule has 0 heterocycles. The van der Waals surface area contributed by atoms with Gasteiger partial charge in [-0.3, -0.25) is 25.0 Å². The summed E-state index contributed by atoms with van der Waals surface area (Å²) >= 11 is 0. The molecule has 7 heteroatoms. The SMILES string of the molecule is CC[C@@H](C(=O)c1cc([N+](=O)[O-])cc([N+](=O)[O-])c1)[C@@H](C)c1ccccc1. The van der Waals surface area contributed by atoms with E-state index in [0.29, 0.717) is 6.42 Å². The largest absolute Gasteiger partial charge is 0.294 e. The van der Waals surface area contributed by atoms with Crippen LogP contribution >= 0.6 is 0 Å². The number of rotatable bonds is 7. The van der Waals surface area contributed by atoms with Crippen molar-refractivity contribution in [2.75, 3.05) is 0 Å². The van der Waals surface area contributed by atoms with Gasteiger partial charge in [-0.2, -0.15) is 0 Å². The third-order valence-corrected chi connectivity index (χ3v) is 4.31. The molecule has 0 amide bonds. The van der Waals surface area contributed by atoms with Crippen LogP contribution in [0.4, 0.5) is 11.4 Å². The van der Waals surface area contributed by atoms with Crippen LogP contribution < -0.4 is 0 Å². The topological polar surface area (TPSA) is 103 Å². The van der Waals surface area contributed by atoms with Gasteiger partial charge in [-0.15, -0.1) is 0 Å². The van der Waals surface area contributed by atoms with Crippen molar-refractivity contribution in [1.29, 1.82) is 0 Å². The Kier molecular flexibility index (Phi) is 5.59. The van der Waals surface area contributed by atoms with Crippen LogP contribution in [0.25, 0.3) is 0 Å². The van der Waals surface area contributed by atoms with Gasteiger partial charge in [-0.25, -0.2) is 0 Å². The van der Waals surface area contributed by atoms with E-state index in [2.05, 4.69) is 0 Å². The molecule has 0 aliphatic rings. The number of carbonyl (C=O) groups is 1. The lowest BCUT2D eigenvalue weighted by Gasteiger charge is -2.22. The van der Waals surface area contributed by atoms with Gasteiger partial charge >= 0.3 is 0 Å². The maximum Gasteiger partial charge on any atom is 0.277 e. The zero-order chi connectivity index (χ0) is 18.6. The monoisotopic (exact) mass is 342 g/mol. The Labute approximate surface area is 144 Å². The van der Waals surface area contributed by atoms with Gasteiger partial charge in [0.25, 0.3) is 11.4 Å². The average Bonchev–Trinajstić information content (AvgIpc) is 2.62. The van der Waals surface area contributed by atoms with Gasteiger partial charge in [0, 0.05) is 23.6 Å². The second kappa shape index (κ2) is 7.65. The first-order chi connectivity index (χ1) is 11.8. The van der Waals surface area contributed by atoms with Crippen molar-refractivity contribution in [3.8, 4) is 0 Å². The summed E-state index contributed by atoms with van der Waals surface area (Å²) in [5, 5.41) is 22.0. The Morgan fingerprint density at radius 3 is 1.96 bits per heavy atom.